The first-order valence-electron chi connectivity index (χ1n) is 7.79. The maximum absolute atomic E-state index is 12.8. The Balaban J connectivity index is 2.05. The van der Waals surface area contributed by atoms with Crippen molar-refractivity contribution in [3.8, 4) is 0 Å². The second kappa shape index (κ2) is 8.15. The smallest absolute Gasteiger partial charge is 0.227 e. The van der Waals surface area contributed by atoms with Gasteiger partial charge in [0, 0.05) is 26.2 Å². The van der Waals surface area contributed by atoms with Crippen molar-refractivity contribution < 1.29 is 9.53 Å². The molecule has 1 aromatic rings. The summed E-state index contributed by atoms with van der Waals surface area (Å²) in [7, 11) is 1.66. The Morgan fingerprint density at radius 3 is 2.67 bits per heavy atom. The maximum Gasteiger partial charge on any atom is 0.227 e. The Kier molecular flexibility index (Phi) is 6.21. The van der Waals surface area contributed by atoms with Crippen LogP contribution in [0.4, 0.5) is 0 Å². The van der Waals surface area contributed by atoms with Crippen LogP contribution < -0.4 is 5.73 Å². The van der Waals surface area contributed by atoms with Gasteiger partial charge in [-0.3, -0.25) is 4.79 Å². The van der Waals surface area contributed by atoms with Gasteiger partial charge in [-0.2, -0.15) is 0 Å². The standard InChI is InChI=1S/C17H26N2O2/c1-21-12-11-19(13-14-7-3-2-4-8-14)17(20)15-9-5-6-10-16(15)18/h2-4,7-8,15-16H,5-6,9-13,18H2,1H3. The van der Waals surface area contributed by atoms with Gasteiger partial charge in [0.15, 0.2) is 0 Å². The molecule has 2 unspecified atom stereocenters. The Morgan fingerprint density at radius 1 is 1.29 bits per heavy atom. The number of methoxy groups -OCH3 is 1. The fourth-order valence-corrected chi connectivity index (χ4v) is 2.97. The molecule has 1 aliphatic carbocycles. The predicted molar refractivity (Wildman–Crippen MR) is 83.7 cm³/mol. The molecule has 4 nitrogen and oxygen atoms in total. The van der Waals surface area contributed by atoms with Crippen LogP contribution in [-0.2, 0) is 16.1 Å². The topological polar surface area (TPSA) is 55.6 Å². The van der Waals surface area contributed by atoms with Gasteiger partial charge in [-0.05, 0) is 18.4 Å². The van der Waals surface area contributed by atoms with E-state index in [-0.39, 0.29) is 17.9 Å². The van der Waals surface area contributed by atoms with E-state index in [2.05, 4.69) is 0 Å². The minimum Gasteiger partial charge on any atom is -0.383 e. The summed E-state index contributed by atoms with van der Waals surface area (Å²) in [4.78, 5) is 14.7. The minimum absolute atomic E-state index is 0.00654. The number of nitrogens with two attached hydrogens (primary N) is 1. The number of benzene rings is 1. The summed E-state index contributed by atoms with van der Waals surface area (Å²) >= 11 is 0. The zero-order chi connectivity index (χ0) is 15.1. The Hall–Kier alpha value is -1.39. The summed E-state index contributed by atoms with van der Waals surface area (Å²) in [6, 6.07) is 10.1. The highest BCUT2D eigenvalue weighted by molar-refractivity contribution is 5.79. The molecule has 0 spiro atoms. The molecule has 21 heavy (non-hydrogen) atoms. The van der Waals surface area contributed by atoms with E-state index >= 15 is 0 Å². The molecule has 0 aromatic heterocycles. The number of ether oxygens (including phenoxy) is 1. The molecule has 2 N–H and O–H groups in total. The van der Waals surface area contributed by atoms with Crippen molar-refractivity contribution >= 4 is 5.91 Å². The molecule has 1 aromatic carbocycles. The van der Waals surface area contributed by atoms with Crippen LogP contribution in [0.3, 0.4) is 0 Å². The van der Waals surface area contributed by atoms with E-state index in [1.165, 1.54) is 0 Å². The van der Waals surface area contributed by atoms with Crippen LogP contribution in [0, 0.1) is 5.92 Å². The SMILES string of the molecule is COCCN(Cc1ccccc1)C(=O)C1CCCCC1N. The van der Waals surface area contributed by atoms with Crippen molar-refractivity contribution in [1.82, 2.24) is 4.90 Å². The van der Waals surface area contributed by atoms with Gasteiger partial charge in [0.1, 0.15) is 0 Å². The van der Waals surface area contributed by atoms with Crippen LogP contribution in [0.25, 0.3) is 0 Å². The molecule has 1 fully saturated rings. The summed E-state index contributed by atoms with van der Waals surface area (Å²) < 4.78 is 5.15. The molecule has 116 valence electrons. The quantitative estimate of drug-likeness (QED) is 0.873. The molecule has 1 saturated carbocycles. The van der Waals surface area contributed by atoms with Crippen molar-refractivity contribution in [3.05, 3.63) is 35.9 Å². The maximum atomic E-state index is 12.8. The van der Waals surface area contributed by atoms with Crippen molar-refractivity contribution in [2.75, 3.05) is 20.3 Å². The summed E-state index contributed by atoms with van der Waals surface area (Å²) in [6.07, 6.45) is 4.12. The van der Waals surface area contributed by atoms with Crippen molar-refractivity contribution in [2.24, 2.45) is 11.7 Å². The lowest BCUT2D eigenvalue weighted by Gasteiger charge is -2.33. The highest BCUT2D eigenvalue weighted by Crippen LogP contribution is 2.25. The second-order valence-corrected chi connectivity index (χ2v) is 5.79. The molecule has 0 aliphatic heterocycles. The number of hydrogen-bond acceptors (Lipinski definition) is 3. The number of amides is 1. The average molecular weight is 290 g/mol. The highest BCUT2D eigenvalue weighted by Gasteiger charge is 2.31. The molecule has 2 atom stereocenters. The zero-order valence-electron chi connectivity index (χ0n) is 12.8. The van der Waals surface area contributed by atoms with E-state index in [9.17, 15) is 4.79 Å². The van der Waals surface area contributed by atoms with Crippen LogP contribution >= 0.6 is 0 Å². The minimum atomic E-state index is -0.0284. The molecule has 2 rings (SSSR count). The fourth-order valence-electron chi connectivity index (χ4n) is 2.97. The molecule has 0 bridgehead atoms. The van der Waals surface area contributed by atoms with Crippen LogP contribution in [0.2, 0.25) is 0 Å². The van der Waals surface area contributed by atoms with E-state index in [1.54, 1.807) is 7.11 Å². The lowest BCUT2D eigenvalue weighted by Crippen LogP contribution is -2.46. The first-order valence-corrected chi connectivity index (χ1v) is 7.79. The molecule has 1 amide bonds. The van der Waals surface area contributed by atoms with E-state index in [0.717, 1.165) is 31.2 Å². The molecule has 0 radical (unpaired) electrons. The van der Waals surface area contributed by atoms with Gasteiger partial charge >= 0.3 is 0 Å². The average Bonchev–Trinajstić information content (AvgIpc) is 2.52. The molecule has 0 heterocycles. The van der Waals surface area contributed by atoms with Crippen LogP contribution in [0.5, 0.6) is 0 Å². The summed E-state index contributed by atoms with van der Waals surface area (Å²) in [5, 5.41) is 0. The normalized spacial score (nSPS) is 22.0. The van der Waals surface area contributed by atoms with Crippen molar-refractivity contribution in [1.29, 1.82) is 0 Å². The molecular weight excluding hydrogens is 264 g/mol. The zero-order valence-corrected chi connectivity index (χ0v) is 12.8. The fraction of sp³-hybridized carbons (Fsp3) is 0.588. The molecular formula is C17H26N2O2. The third-order valence-corrected chi connectivity index (χ3v) is 4.23. The van der Waals surface area contributed by atoms with Gasteiger partial charge < -0.3 is 15.4 Å². The van der Waals surface area contributed by atoms with Gasteiger partial charge in [0.2, 0.25) is 5.91 Å². The third kappa shape index (κ3) is 4.55. The van der Waals surface area contributed by atoms with Gasteiger partial charge in [-0.1, -0.05) is 43.2 Å². The number of carbonyl (C=O) groups is 1. The molecule has 0 saturated heterocycles. The van der Waals surface area contributed by atoms with Crippen molar-refractivity contribution in [2.45, 2.75) is 38.3 Å². The number of rotatable bonds is 6. The summed E-state index contributed by atoms with van der Waals surface area (Å²) in [6.45, 7) is 1.81. The van der Waals surface area contributed by atoms with E-state index in [1.807, 2.05) is 35.2 Å². The Morgan fingerprint density at radius 2 is 2.00 bits per heavy atom. The summed E-state index contributed by atoms with van der Waals surface area (Å²) in [5.74, 6) is 0.155. The first-order chi connectivity index (χ1) is 10.2. The van der Waals surface area contributed by atoms with E-state index < -0.39 is 0 Å². The Bertz CT molecular complexity index is 436. The largest absolute Gasteiger partial charge is 0.383 e. The van der Waals surface area contributed by atoms with Gasteiger partial charge in [0.25, 0.3) is 0 Å². The number of carbonyl (C=O) groups excluding carboxylic acids is 1. The summed E-state index contributed by atoms with van der Waals surface area (Å²) in [5.41, 5.74) is 7.31. The van der Waals surface area contributed by atoms with E-state index in [0.29, 0.717) is 19.7 Å². The molecule has 4 heteroatoms. The van der Waals surface area contributed by atoms with Gasteiger partial charge in [-0.25, -0.2) is 0 Å². The van der Waals surface area contributed by atoms with Gasteiger partial charge in [0.05, 0.1) is 12.5 Å². The molecule has 1 aliphatic rings. The van der Waals surface area contributed by atoms with Crippen LogP contribution in [-0.4, -0.2) is 37.1 Å². The highest BCUT2D eigenvalue weighted by atomic mass is 16.5. The second-order valence-electron chi connectivity index (χ2n) is 5.79. The third-order valence-electron chi connectivity index (χ3n) is 4.23. The number of nitrogens with zero attached hydrogens (tertiary/aromatic N) is 1. The Labute approximate surface area is 127 Å². The van der Waals surface area contributed by atoms with Crippen molar-refractivity contribution in [3.63, 3.8) is 0 Å². The van der Waals surface area contributed by atoms with Crippen LogP contribution in [0.1, 0.15) is 31.2 Å². The number of hydrogen-bond donors (Lipinski definition) is 1. The first kappa shape index (κ1) is 16.0. The van der Waals surface area contributed by atoms with E-state index in [4.69, 9.17) is 10.5 Å². The lowest BCUT2D eigenvalue weighted by molar-refractivity contribution is -0.138. The lowest BCUT2D eigenvalue weighted by atomic mass is 9.84. The van der Waals surface area contributed by atoms with Gasteiger partial charge in [-0.15, -0.1) is 0 Å². The monoisotopic (exact) mass is 290 g/mol. The van der Waals surface area contributed by atoms with Crippen LogP contribution in [0.15, 0.2) is 30.3 Å². The predicted octanol–water partition coefficient (Wildman–Crippen LogP) is 2.18.